The van der Waals surface area contributed by atoms with Gasteiger partial charge in [-0.3, -0.25) is 0 Å². The van der Waals surface area contributed by atoms with Crippen LogP contribution in [0.1, 0.15) is 25.4 Å². The first kappa shape index (κ1) is 13.8. The Kier molecular flexibility index (Phi) is 4.86. The Balaban J connectivity index is 2.39. The molecule has 0 bridgehead atoms. The van der Waals surface area contributed by atoms with Gasteiger partial charge in [-0.25, -0.2) is 4.98 Å². The van der Waals surface area contributed by atoms with Gasteiger partial charge in [0.1, 0.15) is 5.69 Å². The second-order valence-electron chi connectivity index (χ2n) is 4.13. The lowest BCUT2D eigenvalue weighted by Gasteiger charge is -2.02. The molecule has 0 N–H and O–H groups in total. The Labute approximate surface area is 120 Å². The molecule has 1 aromatic heterocycles. The summed E-state index contributed by atoms with van der Waals surface area (Å²) in [6, 6.07) is 2.97. The normalized spacial score (nSPS) is 18.1. The van der Waals surface area contributed by atoms with Crippen LogP contribution in [0.25, 0.3) is 11.1 Å². The zero-order valence-electron chi connectivity index (χ0n) is 11.7. The van der Waals surface area contributed by atoms with Gasteiger partial charge in [-0.15, -0.1) is 0 Å². The lowest BCUT2D eigenvalue weighted by atomic mass is 10.1. The number of rotatable bonds is 3. The summed E-state index contributed by atoms with van der Waals surface area (Å²) in [5.41, 5.74) is 2.71. The van der Waals surface area contributed by atoms with Crippen molar-refractivity contribution in [1.29, 1.82) is 0 Å². The minimum atomic E-state index is 0.662. The van der Waals surface area contributed by atoms with Crippen LogP contribution in [0.5, 0.6) is 0 Å². The largest absolute Gasteiger partial charge is 0.218 e. The van der Waals surface area contributed by atoms with Crippen molar-refractivity contribution >= 4 is 11.1 Å². The van der Waals surface area contributed by atoms with Crippen molar-refractivity contribution in [3.05, 3.63) is 84.5 Å². The molecule has 0 spiro atoms. The van der Waals surface area contributed by atoms with Crippen LogP contribution in [0.15, 0.2) is 60.8 Å². The fraction of sp³-hybridized carbons (Fsp3) is 0.111. The molecule has 0 unspecified atom stereocenters. The van der Waals surface area contributed by atoms with Gasteiger partial charge in [-0.05, 0) is 19.9 Å². The highest BCUT2D eigenvalue weighted by Crippen LogP contribution is 2.16. The molecular weight excluding hydrogens is 244 g/mol. The average Bonchev–Trinajstić information content (AvgIpc) is 2.44. The Bertz CT molecular complexity index is 641. The highest BCUT2D eigenvalue weighted by Gasteiger charge is 2.04. The number of aromatic nitrogens is 2. The van der Waals surface area contributed by atoms with Crippen molar-refractivity contribution in [3.8, 4) is 0 Å². The smallest absolute Gasteiger partial charge is 0.170 e. The Morgan fingerprint density at radius 3 is 2.70 bits per heavy atom. The average molecular weight is 260 g/mol. The predicted molar refractivity (Wildman–Crippen MR) is 83.6 cm³/mol. The van der Waals surface area contributed by atoms with E-state index in [0.29, 0.717) is 5.82 Å². The van der Waals surface area contributed by atoms with E-state index in [4.69, 9.17) is 0 Å². The van der Waals surface area contributed by atoms with Crippen LogP contribution in [0, 0.1) is 12.3 Å². The Morgan fingerprint density at radius 1 is 1.10 bits per heavy atom. The van der Waals surface area contributed by atoms with Crippen LogP contribution < -0.4 is 0 Å². The summed E-state index contributed by atoms with van der Waals surface area (Å²) >= 11 is 0. The monoisotopic (exact) mass is 260 g/mol. The van der Waals surface area contributed by atoms with Crippen LogP contribution in [0.3, 0.4) is 0 Å². The number of allylic oxidation sites excluding steroid dienone is 12. The van der Waals surface area contributed by atoms with Crippen molar-refractivity contribution in [2.45, 2.75) is 13.8 Å². The summed E-state index contributed by atoms with van der Waals surface area (Å²) in [5, 5.41) is 0. The molecule has 20 heavy (non-hydrogen) atoms. The molecule has 0 radical (unpaired) electrons. The molecule has 0 saturated carbocycles. The van der Waals surface area contributed by atoms with E-state index in [-0.39, 0.29) is 0 Å². The van der Waals surface area contributed by atoms with E-state index in [2.05, 4.69) is 22.2 Å². The van der Waals surface area contributed by atoms with E-state index in [1.165, 1.54) is 0 Å². The van der Waals surface area contributed by atoms with E-state index in [1.54, 1.807) is 0 Å². The van der Waals surface area contributed by atoms with Gasteiger partial charge in [-0.2, -0.15) is 4.98 Å². The third-order valence-electron chi connectivity index (χ3n) is 2.74. The molecule has 0 amide bonds. The second kappa shape index (κ2) is 7.06. The molecular formula is C18H16N2. The second-order valence-corrected chi connectivity index (χ2v) is 4.13. The standard InChI is InChI=1S/C18H16N2/c1-3-10-15(4-2)18-19-14-13-17(20-18)16-11-8-6-5-7-9-12-16/h3-12H,1-2H3/b6-5-,7-5?,8-6?,9-7-,10-3-,11-8?,12-9?,15-4+,16-11?,16-12?. The maximum atomic E-state index is 4.56. The molecule has 0 aliphatic heterocycles. The SMILES string of the molecule is C/C=C\C(=C/C)c1nc#cc(C2=C/C=C\C=C/C=C2)n1. The maximum absolute atomic E-state index is 4.56. The zero-order chi connectivity index (χ0) is 14.2. The minimum Gasteiger partial charge on any atom is -0.218 e. The summed E-state index contributed by atoms with van der Waals surface area (Å²) in [5.74, 6) is 0.662. The van der Waals surface area contributed by atoms with Crippen molar-refractivity contribution in [2.24, 2.45) is 0 Å². The van der Waals surface area contributed by atoms with Gasteiger partial charge >= 0.3 is 0 Å². The van der Waals surface area contributed by atoms with E-state index in [0.717, 1.165) is 16.8 Å². The minimum absolute atomic E-state index is 0.662. The molecule has 1 aliphatic carbocycles. The number of hydrogen-bond donors (Lipinski definition) is 0. The van der Waals surface area contributed by atoms with Crippen molar-refractivity contribution in [3.63, 3.8) is 0 Å². The molecule has 2 heteroatoms. The van der Waals surface area contributed by atoms with Gasteiger partial charge in [0.2, 0.25) is 0 Å². The van der Waals surface area contributed by atoms with Crippen LogP contribution >= 0.6 is 0 Å². The first-order valence-corrected chi connectivity index (χ1v) is 6.54. The maximum Gasteiger partial charge on any atom is 0.170 e. The summed E-state index contributed by atoms with van der Waals surface area (Å²) < 4.78 is 0. The summed E-state index contributed by atoms with van der Waals surface area (Å²) in [4.78, 5) is 8.73. The van der Waals surface area contributed by atoms with Gasteiger partial charge in [0, 0.05) is 17.3 Å². The highest BCUT2D eigenvalue weighted by atomic mass is 14.9. The van der Waals surface area contributed by atoms with Gasteiger partial charge in [0.05, 0.1) is 0 Å². The van der Waals surface area contributed by atoms with Gasteiger partial charge in [0.15, 0.2) is 5.82 Å². The van der Waals surface area contributed by atoms with E-state index < -0.39 is 0 Å². The molecule has 1 aliphatic rings. The van der Waals surface area contributed by atoms with E-state index in [9.17, 15) is 0 Å². The molecule has 2 rings (SSSR count). The molecule has 1 aromatic rings. The van der Waals surface area contributed by atoms with Crippen molar-refractivity contribution < 1.29 is 0 Å². The predicted octanol–water partition coefficient (Wildman–Crippen LogP) is 4.12. The molecule has 0 aromatic carbocycles. The van der Waals surface area contributed by atoms with E-state index >= 15 is 0 Å². The first-order valence-electron chi connectivity index (χ1n) is 6.54. The van der Waals surface area contributed by atoms with Crippen LogP contribution in [0.4, 0.5) is 0 Å². The summed E-state index contributed by atoms with van der Waals surface area (Å²) in [7, 11) is 0. The van der Waals surface area contributed by atoms with Crippen LogP contribution in [-0.4, -0.2) is 9.97 Å². The first-order chi connectivity index (χ1) is 9.85. The van der Waals surface area contributed by atoms with E-state index in [1.807, 2.05) is 74.6 Å². The van der Waals surface area contributed by atoms with Gasteiger partial charge in [-0.1, -0.05) is 60.8 Å². The molecule has 1 heterocycles. The number of nitrogens with zero attached hydrogens (tertiary/aromatic N) is 2. The fourth-order valence-electron chi connectivity index (χ4n) is 1.76. The number of hydrogen-bond acceptors (Lipinski definition) is 2. The molecule has 98 valence electrons. The van der Waals surface area contributed by atoms with Gasteiger partial charge < -0.3 is 0 Å². The third kappa shape index (κ3) is 3.43. The third-order valence-corrected chi connectivity index (χ3v) is 2.74. The Morgan fingerprint density at radius 2 is 1.90 bits per heavy atom. The zero-order valence-corrected chi connectivity index (χ0v) is 11.7. The Hall–Kier alpha value is -2.66. The van der Waals surface area contributed by atoms with Crippen molar-refractivity contribution in [2.75, 3.05) is 0 Å². The quantitative estimate of drug-likeness (QED) is 0.764. The topological polar surface area (TPSA) is 25.8 Å². The summed E-state index contributed by atoms with van der Waals surface area (Å²) in [6.45, 7) is 3.94. The highest BCUT2D eigenvalue weighted by molar-refractivity contribution is 5.75. The molecule has 0 saturated heterocycles. The molecule has 0 atom stereocenters. The van der Waals surface area contributed by atoms with Gasteiger partial charge in [0.25, 0.3) is 0 Å². The molecule has 0 fully saturated rings. The van der Waals surface area contributed by atoms with Crippen LogP contribution in [0.2, 0.25) is 0 Å². The summed E-state index contributed by atoms with van der Waals surface area (Å²) in [6.07, 6.45) is 22.6. The lowest BCUT2D eigenvalue weighted by molar-refractivity contribution is 1.11. The van der Waals surface area contributed by atoms with Crippen molar-refractivity contribution in [1.82, 2.24) is 9.97 Å². The van der Waals surface area contributed by atoms with Crippen LogP contribution in [-0.2, 0) is 0 Å². The fourth-order valence-corrected chi connectivity index (χ4v) is 1.76. The molecule has 2 nitrogen and oxygen atoms in total. The lowest BCUT2D eigenvalue weighted by Crippen LogP contribution is -1.95.